The van der Waals surface area contributed by atoms with Crippen LogP contribution < -0.4 is 0 Å². The number of ketones is 1. The van der Waals surface area contributed by atoms with Crippen LogP contribution in [0.4, 0.5) is 0 Å². The topological polar surface area (TPSA) is 46.6 Å². The average molecular weight is 211 g/mol. The van der Waals surface area contributed by atoms with Crippen molar-refractivity contribution in [3.05, 3.63) is 0 Å². The van der Waals surface area contributed by atoms with Gasteiger partial charge in [-0.05, 0) is 19.8 Å². The van der Waals surface area contributed by atoms with Crippen molar-refractivity contribution in [2.24, 2.45) is 0 Å². The standard InChI is InChI=1S/C11H17NO3/c1-8-2-3-10(15-8)11(14)12-6-4-9(13)5-7-12/h8,10H,2-7H2,1H3. The van der Waals surface area contributed by atoms with Crippen molar-refractivity contribution in [3.63, 3.8) is 0 Å². The molecule has 0 aromatic heterocycles. The minimum absolute atomic E-state index is 0.0758. The van der Waals surface area contributed by atoms with Crippen LogP contribution in [0.15, 0.2) is 0 Å². The molecule has 2 rings (SSSR count). The van der Waals surface area contributed by atoms with E-state index in [0.29, 0.717) is 25.9 Å². The highest BCUT2D eigenvalue weighted by Crippen LogP contribution is 2.21. The molecule has 0 N–H and O–H groups in total. The number of rotatable bonds is 1. The zero-order valence-electron chi connectivity index (χ0n) is 9.07. The maximum atomic E-state index is 11.9. The molecule has 0 spiro atoms. The highest BCUT2D eigenvalue weighted by atomic mass is 16.5. The maximum Gasteiger partial charge on any atom is 0.251 e. The first-order chi connectivity index (χ1) is 7.16. The van der Waals surface area contributed by atoms with Crippen molar-refractivity contribution in [1.82, 2.24) is 4.90 Å². The van der Waals surface area contributed by atoms with Gasteiger partial charge in [0, 0.05) is 25.9 Å². The number of likely N-dealkylation sites (tertiary alicyclic amines) is 1. The second kappa shape index (κ2) is 4.31. The Morgan fingerprint density at radius 3 is 2.53 bits per heavy atom. The Morgan fingerprint density at radius 1 is 1.33 bits per heavy atom. The second-order valence-electron chi connectivity index (χ2n) is 4.38. The molecule has 0 aromatic rings. The van der Waals surface area contributed by atoms with Crippen molar-refractivity contribution in [3.8, 4) is 0 Å². The molecule has 0 bridgehead atoms. The first-order valence-electron chi connectivity index (χ1n) is 5.63. The lowest BCUT2D eigenvalue weighted by Crippen LogP contribution is -2.44. The van der Waals surface area contributed by atoms with E-state index in [2.05, 4.69) is 0 Å². The first-order valence-corrected chi connectivity index (χ1v) is 5.63. The SMILES string of the molecule is CC1CCC(C(=O)N2CCC(=O)CC2)O1. The number of hydrogen-bond donors (Lipinski definition) is 0. The molecule has 15 heavy (non-hydrogen) atoms. The molecule has 2 aliphatic heterocycles. The third-order valence-corrected chi connectivity index (χ3v) is 3.14. The first kappa shape index (κ1) is 10.6. The molecule has 0 saturated carbocycles. The normalized spacial score (nSPS) is 32.1. The van der Waals surface area contributed by atoms with Gasteiger partial charge in [-0.1, -0.05) is 0 Å². The quantitative estimate of drug-likeness (QED) is 0.643. The summed E-state index contributed by atoms with van der Waals surface area (Å²) >= 11 is 0. The van der Waals surface area contributed by atoms with Crippen LogP contribution in [-0.2, 0) is 14.3 Å². The van der Waals surface area contributed by atoms with Crippen LogP contribution in [0, 0.1) is 0 Å². The molecule has 2 unspecified atom stereocenters. The van der Waals surface area contributed by atoms with Gasteiger partial charge < -0.3 is 9.64 Å². The number of piperidine rings is 1. The van der Waals surface area contributed by atoms with E-state index in [9.17, 15) is 9.59 Å². The molecule has 2 aliphatic rings. The van der Waals surface area contributed by atoms with E-state index in [-0.39, 0.29) is 23.9 Å². The molecule has 0 aromatic carbocycles. The Bertz CT molecular complexity index is 267. The van der Waals surface area contributed by atoms with Gasteiger partial charge in [0.2, 0.25) is 0 Å². The van der Waals surface area contributed by atoms with Gasteiger partial charge in [0.15, 0.2) is 0 Å². The summed E-state index contributed by atoms with van der Waals surface area (Å²) in [5.41, 5.74) is 0. The lowest BCUT2D eigenvalue weighted by molar-refractivity contribution is -0.144. The minimum atomic E-state index is -0.256. The number of carbonyl (C=O) groups excluding carboxylic acids is 2. The van der Waals surface area contributed by atoms with Gasteiger partial charge in [-0.25, -0.2) is 0 Å². The number of carbonyl (C=O) groups is 2. The van der Waals surface area contributed by atoms with Gasteiger partial charge in [-0.3, -0.25) is 9.59 Å². The van der Waals surface area contributed by atoms with Crippen LogP contribution in [-0.4, -0.2) is 41.9 Å². The summed E-state index contributed by atoms with van der Waals surface area (Å²) in [7, 11) is 0. The average Bonchev–Trinajstić information content (AvgIpc) is 2.65. The molecule has 2 heterocycles. The molecule has 2 atom stereocenters. The van der Waals surface area contributed by atoms with E-state index >= 15 is 0 Å². The minimum Gasteiger partial charge on any atom is -0.365 e. The van der Waals surface area contributed by atoms with E-state index in [0.717, 1.165) is 12.8 Å². The van der Waals surface area contributed by atoms with E-state index in [1.807, 2.05) is 6.92 Å². The van der Waals surface area contributed by atoms with Crippen LogP contribution in [0.5, 0.6) is 0 Å². The van der Waals surface area contributed by atoms with Gasteiger partial charge in [0.05, 0.1) is 6.10 Å². The summed E-state index contributed by atoms with van der Waals surface area (Å²) in [4.78, 5) is 24.7. The summed E-state index contributed by atoms with van der Waals surface area (Å²) in [6, 6.07) is 0. The Hall–Kier alpha value is -0.900. The Balaban J connectivity index is 1.88. The van der Waals surface area contributed by atoms with Gasteiger partial charge in [-0.15, -0.1) is 0 Å². The monoisotopic (exact) mass is 211 g/mol. The van der Waals surface area contributed by atoms with Crippen molar-refractivity contribution in [2.75, 3.05) is 13.1 Å². The molecule has 4 nitrogen and oxygen atoms in total. The Kier molecular flexibility index (Phi) is 3.05. The predicted molar refractivity (Wildman–Crippen MR) is 54.4 cm³/mol. The molecule has 4 heteroatoms. The number of Topliss-reactive ketones (excluding diaryl/α,β-unsaturated/α-hetero) is 1. The Labute approximate surface area is 89.6 Å². The summed E-state index contributed by atoms with van der Waals surface area (Å²) in [6.07, 6.45) is 2.74. The van der Waals surface area contributed by atoms with Crippen molar-refractivity contribution < 1.29 is 14.3 Å². The van der Waals surface area contributed by atoms with E-state index in [1.54, 1.807) is 4.90 Å². The summed E-state index contributed by atoms with van der Waals surface area (Å²) < 4.78 is 5.53. The summed E-state index contributed by atoms with van der Waals surface area (Å²) in [5.74, 6) is 0.339. The van der Waals surface area contributed by atoms with Crippen LogP contribution in [0.2, 0.25) is 0 Å². The lowest BCUT2D eigenvalue weighted by atomic mass is 10.1. The van der Waals surface area contributed by atoms with Crippen molar-refractivity contribution in [2.45, 2.75) is 44.8 Å². The fourth-order valence-corrected chi connectivity index (χ4v) is 2.16. The third kappa shape index (κ3) is 2.37. The van der Waals surface area contributed by atoms with Gasteiger partial charge in [0.1, 0.15) is 11.9 Å². The molecule has 1 amide bonds. The second-order valence-corrected chi connectivity index (χ2v) is 4.38. The highest BCUT2D eigenvalue weighted by Gasteiger charge is 2.32. The van der Waals surface area contributed by atoms with Crippen molar-refractivity contribution >= 4 is 11.7 Å². The molecule has 2 saturated heterocycles. The third-order valence-electron chi connectivity index (χ3n) is 3.14. The van der Waals surface area contributed by atoms with E-state index in [1.165, 1.54) is 0 Å². The summed E-state index contributed by atoms with van der Waals surface area (Å²) in [6.45, 7) is 3.14. The molecule has 2 fully saturated rings. The highest BCUT2D eigenvalue weighted by molar-refractivity contribution is 5.85. The largest absolute Gasteiger partial charge is 0.365 e. The van der Waals surface area contributed by atoms with Gasteiger partial charge in [0.25, 0.3) is 5.91 Å². The number of nitrogens with zero attached hydrogens (tertiary/aromatic N) is 1. The number of amides is 1. The van der Waals surface area contributed by atoms with Crippen molar-refractivity contribution in [1.29, 1.82) is 0 Å². The molecule has 84 valence electrons. The van der Waals surface area contributed by atoms with Crippen LogP contribution in [0.25, 0.3) is 0 Å². The van der Waals surface area contributed by atoms with Crippen LogP contribution >= 0.6 is 0 Å². The van der Waals surface area contributed by atoms with Gasteiger partial charge in [-0.2, -0.15) is 0 Å². The molecule has 0 radical (unpaired) electrons. The van der Waals surface area contributed by atoms with Crippen LogP contribution in [0.3, 0.4) is 0 Å². The maximum absolute atomic E-state index is 11.9. The smallest absolute Gasteiger partial charge is 0.251 e. The fourth-order valence-electron chi connectivity index (χ4n) is 2.16. The zero-order chi connectivity index (χ0) is 10.8. The molecular weight excluding hydrogens is 194 g/mol. The number of ether oxygens (including phenoxy) is 1. The van der Waals surface area contributed by atoms with E-state index < -0.39 is 0 Å². The lowest BCUT2D eigenvalue weighted by Gasteiger charge is -2.28. The number of hydrogen-bond acceptors (Lipinski definition) is 3. The predicted octanol–water partition coefficient (Wildman–Crippen LogP) is 0.745. The van der Waals surface area contributed by atoms with E-state index in [4.69, 9.17) is 4.74 Å². The molecular formula is C11H17NO3. The van der Waals surface area contributed by atoms with Gasteiger partial charge >= 0.3 is 0 Å². The zero-order valence-corrected chi connectivity index (χ0v) is 9.07. The summed E-state index contributed by atoms with van der Waals surface area (Å²) in [5, 5.41) is 0. The molecule has 0 aliphatic carbocycles. The Morgan fingerprint density at radius 2 is 2.00 bits per heavy atom. The fraction of sp³-hybridized carbons (Fsp3) is 0.818. The van der Waals surface area contributed by atoms with Crippen LogP contribution in [0.1, 0.15) is 32.6 Å².